The molecule has 0 atom stereocenters. The van der Waals surface area contributed by atoms with Crippen LogP contribution in [0.15, 0.2) is 72.9 Å². The first kappa shape index (κ1) is 22.1. The molecule has 0 radical (unpaired) electrons. The Bertz CT molecular complexity index is 1260. The van der Waals surface area contributed by atoms with E-state index in [2.05, 4.69) is 15.6 Å². The van der Waals surface area contributed by atoms with Gasteiger partial charge in [0, 0.05) is 24.0 Å². The molecule has 7 heteroatoms. The number of ether oxygens (including phenoxy) is 1. The van der Waals surface area contributed by atoms with Crippen LogP contribution in [-0.4, -0.2) is 28.3 Å². The van der Waals surface area contributed by atoms with E-state index in [1.807, 2.05) is 72.1 Å². The Labute approximate surface area is 192 Å². The molecule has 2 heterocycles. The summed E-state index contributed by atoms with van der Waals surface area (Å²) in [4.78, 5) is 29.2. The van der Waals surface area contributed by atoms with Gasteiger partial charge in [0.05, 0.1) is 25.8 Å². The number of nitrogens with zero attached hydrogens (tertiary/aromatic N) is 2. The number of pyridine rings is 1. The fraction of sp³-hybridized carbons (Fsp3) is 0.192. The highest BCUT2D eigenvalue weighted by atomic mass is 16.5. The molecule has 33 heavy (non-hydrogen) atoms. The number of carbonyl (C=O) groups excluding carboxylic acids is 2. The van der Waals surface area contributed by atoms with Crippen LogP contribution in [0.5, 0.6) is 5.75 Å². The molecule has 7 nitrogen and oxygen atoms in total. The minimum atomic E-state index is -0.168. The SMILES string of the molecule is COc1ccc(CC(=O)NCc2ccc(C(=O)NCc3cn4c(C)cccc4n3)cc2)cc1. The van der Waals surface area contributed by atoms with Gasteiger partial charge in [0.1, 0.15) is 11.4 Å². The molecule has 4 aromatic rings. The molecule has 2 aromatic carbocycles. The summed E-state index contributed by atoms with van der Waals surface area (Å²) in [6, 6.07) is 20.5. The van der Waals surface area contributed by atoms with Crippen molar-refractivity contribution in [3.63, 3.8) is 0 Å². The lowest BCUT2D eigenvalue weighted by Crippen LogP contribution is -2.25. The minimum absolute atomic E-state index is 0.0651. The van der Waals surface area contributed by atoms with Crippen LogP contribution >= 0.6 is 0 Å². The molecule has 0 unspecified atom stereocenters. The highest BCUT2D eigenvalue weighted by Crippen LogP contribution is 2.12. The van der Waals surface area contributed by atoms with Crippen LogP contribution in [0.4, 0.5) is 0 Å². The van der Waals surface area contributed by atoms with Gasteiger partial charge in [-0.3, -0.25) is 9.59 Å². The van der Waals surface area contributed by atoms with E-state index >= 15 is 0 Å². The van der Waals surface area contributed by atoms with Crippen LogP contribution in [0, 0.1) is 6.92 Å². The van der Waals surface area contributed by atoms with E-state index < -0.39 is 0 Å². The van der Waals surface area contributed by atoms with Crippen LogP contribution in [0.2, 0.25) is 0 Å². The highest BCUT2D eigenvalue weighted by molar-refractivity contribution is 5.94. The lowest BCUT2D eigenvalue weighted by atomic mass is 10.1. The van der Waals surface area contributed by atoms with Crippen molar-refractivity contribution >= 4 is 17.5 Å². The van der Waals surface area contributed by atoms with Crippen molar-refractivity contribution in [2.75, 3.05) is 7.11 Å². The molecule has 0 aliphatic carbocycles. The third kappa shape index (κ3) is 5.57. The van der Waals surface area contributed by atoms with Gasteiger partial charge in [0.15, 0.2) is 0 Å². The zero-order valence-electron chi connectivity index (χ0n) is 18.7. The maximum Gasteiger partial charge on any atom is 0.251 e. The molecule has 0 saturated heterocycles. The number of imidazole rings is 1. The Hall–Kier alpha value is -4.13. The average Bonchev–Trinajstić information content (AvgIpc) is 3.27. The summed E-state index contributed by atoms with van der Waals surface area (Å²) >= 11 is 0. The first-order valence-corrected chi connectivity index (χ1v) is 10.7. The number of methoxy groups -OCH3 is 1. The fourth-order valence-corrected chi connectivity index (χ4v) is 3.52. The Morgan fingerprint density at radius 2 is 1.64 bits per heavy atom. The van der Waals surface area contributed by atoms with Crippen LogP contribution in [0.25, 0.3) is 5.65 Å². The topological polar surface area (TPSA) is 84.7 Å². The Morgan fingerprint density at radius 3 is 2.33 bits per heavy atom. The van der Waals surface area contributed by atoms with Crippen LogP contribution in [0.1, 0.15) is 32.9 Å². The van der Waals surface area contributed by atoms with Gasteiger partial charge in [-0.05, 0) is 54.4 Å². The largest absolute Gasteiger partial charge is 0.497 e. The number of amides is 2. The van der Waals surface area contributed by atoms with Gasteiger partial charge in [-0.25, -0.2) is 4.98 Å². The van der Waals surface area contributed by atoms with Crippen LogP contribution in [0.3, 0.4) is 0 Å². The average molecular weight is 443 g/mol. The third-order valence-electron chi connectivity index (χ3n) is 5.41. The van der Waals surface area contributed by atoms with Crippen molar-refractivity contribution in [3.8, 4) is 5.75 Å². The number of aryl methyl sites for hydroxylation is 1. The summed E-state index contributed by atoms with van der Waals surface area (Å²) in [6.45, 7) is 2.76. The summed E-state index contributed by atoms with van der Waals surface area (Å²) < 4.78 is 7.13. The van der Waals surface area contributed by atoms with Crippen molar-refractivity contribution in [1.82, 2.24) is 20.0 Å². The molecule has 0 bridgehead atoms. The zero-order chi connectivity index (χ0) is 23.2. The molecule has 0 aliphatic heterocycles. The van der Waals surface area contributed by atoms with Crippen LogP contribution < -0.4 is 15.4 Å². The van der Waals surface area contributed by atoms with Crippen molar-refractivity contribution in [2.24, 2.45) is 0 Å². The summed E-state index contributed by atoms with van der Waals surface area (Å²) in [5.74, 6) is 0.528. The number of fused-ring (bicyclic) bond motifs is 1. The van der Waals surface area contributed by atoms with E-state index in [1.54, 1.807) is 19.2 Å². The molecule has 0 fully saturated rings. The number of hydrogen-bond acceptors (Lipinski definition) is 4. The number of aromatic nitrogens is 2. The lowest BCUT2D eigenvalue weighted by molar-refractivity contribution is -0.120. The second-order valence-corrected chi connectivity index (χ2v) is 7.81. The van der Waals surface area contributed by atoms with E-state index in [1.165, 1.54) is 0 Å². The Balaban J connectivity index is 1.26. The third-order valence-corrected chi connectivity index (χ3v) is 5.41. The highest BCUT2D eigenvalue weighted by Gasteiger charge is 2.09. The first-order chi connectivity index (χ1) is 16.0. The predicted molar refractivity (Wildman–Crippen MR) is 126 cm³/mol. The van der Waals surface area contributed by atoms with E-state index in [9.17, 15) is 9.59 Å². The summed E-state index contributed by atoms with van der Waals surface area (Å²) in [6.07, 6.45) is 2.23. The number of benzene rings is 2. The minimum Gasteiger partial charge on any atom is -0.497 e. The quantitative estimate of drug-likeness (QED) is 0.438. The van der Waals surface area contributed by atoms with Gasteiger partial charge >= 0.3 is 0 Å². The monoisotopic (exact) mass is 442 g/mol. The van der Waals surface area contributed by atoms with Gasteiger partial charge in [0.25, 0.3) is 5.91 Å². The Kier molecular flexibility index (Phi) is 6.69. The van der Waals surface area contributed by atoms with Crippen molar-refractivity contribution < 1.29 is 14.3 Å². The molecule has 0 aliphatic rings. The number of nitrogens with one attached hydrogen (secondary N) is 2. The van der Waals surface area contributed by atoms with Crippen molar-refractivity contribution in [3.05, 3.63) is 101 Å². The second kappa shape index (κ2) is 9.99. The van der Waals surface area contributed by atoms with Crippen LogP contribution in [-0.2, 0) is 24.3 Å². The molecule has 0 spiro atoms. The van der Waals surface area contributed by atoms with Gasteiger partial charge < -0.3 is 19.8 Å². The predicted octanol–water partition coefficient (Wildman–Crippen LogP) is 3.44. The lowest BCUT2D eigenvalue weighted by Gasteiger charge is -2.08. The van der Waals surface area contributed by atoms with E-state index in [0.29, 0.717) is 25.1 Å². The Morgan fingerprint density at radius 1 is 0.909 bits per heavy atom. The zero-order valence-corrected chi connectivity index (χ0v) is 18.7. The van der Waals surface area contributed by atoms with Gasteiger partial charge in [0.2, 0.25) is 5.91 Å². The number of carbonyl (C=O) groups is 2. The molecule has 2 amide bonds. The van der Waals surface area contributed by atoms with E-state index in [0.717, 1.165) is 33.9 Å². The molecule has 0 saturated carbocycles. The summed E-state index contributed by atoms with van der Waals surface area (Å²) in [7, 11) is 1.61. The maximum absolute atomic E-state index is 12.5. The van der Waals surface area contributed by atoms with Gasteiger partial charge in [-0.15, -0.1) is 0 Å². The molecule has 168 valence electrons. The van der Waals surface area contributed by atoms with Crippen molar-refractivity contribution in [2.45, 2.75) is 26.4 Å². The van der Waals surface area contributed by atoms with Gasteiger partial charge in [-0.1, -0.05) is 30.3 Å². The fourth-order valence-electron chi connectivity index (χ4n) is 3.52. The number of rotatable bonds is 8. The molecular formula is C26H26N4O3. The molecule has 2 aromatic heterocycles. The second-order valence-electron chi connectivity index (χ2n) is 7.81. The molecule has 2 N–H and O–H groups in total. The first-order valence-electron chi connectivity index (χ1n) is 10.7. The van der Waals surface area contributed by atoms with E-state index in [-0.39, 0.29) is 11.8 Å². The van der Waals surface area contributed by atoms with E-state index in [4.69, 9.17) is 4.74 Å². The smallest absolute Gasteiger partial charge is 0.251 e. The standard InChI is InChI=1S/C26H26N4O3/c1-18-4-3-5-24-29-22(17-30(18)24)16-28-26(32)21-10-6-20(7-11-21)15-27-25(31)14-19-8-12-23(33-2)13-9-19/h3-13,17H,14-16H2,1-2H3,(H,27,31)(H,28,32). The van der Waals surface area contributed by atoms with Gasteiger partial charge in [-0.2, -0.15) is 0 Å². The van der Waals surface area contributed by atoms with Crippen molar-refractivity contribution in [1.29, 1.82) is 0 Å². The summed E-state index contributed by atoms with van der Waals surface area (Å²) in [5.41, 5.74) is 5.14. The summed E-state index contributed by atoms with van der Waals surface area (Å²) in [5, 5.41) is 5.81. The molecular weight excluding hydrogens is 416 g/mol. The normalized spacial score (nSPS) is 10.7. The molecule has 4 rings (SSSR count). The number of hydrogen-bond donors (Lipinski definition) is 2. The maximum atomic E-state index is 12.5.